The van der Waals surface area contributed by atoms with Gasteiger partial charge in [0.15, 0.2) is 0 Å². The Morgan fingerprint density at radius 2 is 2.00 bits per heavy atom. The number of nitrogens with one attached hydrogen (secondary N) is 2. The van der Waals surface area contributed by atoms with Crippen molar-refractivity contribution in [1.29, 1.82) is 0 Å². The van der Waals surface area contributed by atoms with Crippen LogP contribution in [-0.2, 0) is 6.61 Å². The number of H-pyrrole nitrogens is 2. The summed E-state index contributed by atoms with van der Waals surface area (Å²) in [4.78, 5) is 5.40. The first-order valence-electron chi connectivity index (χ1n) is 6.60. The van der Waals surface area contributed by atoms with E-state index in [0.29, 0.717) is 18.2 Å². The van der Waals surface area contributed by atoms with Crippen molar-refractivity contribution >= 4 is 27.4 Å². The van der Waals surface area contributed by atoms with Crippen molar-refractivity contribution in [3.63, 3.8) is 0 Å². The average Bonchev–Trinajstić information content (AvgIpc) is 3.24. The summed E-state index contributed by atoms with van der Waals surface area (Å²) >= 11 is 1.59. The molecule has 0 fully saturated rings. The largest absolute Gasteiger partial charge is 0.486 e. The molecule has 7 nitrogen and oxygen atoms in total. The van der Waals surface area contributed by atoms with Gasteiger partial charge in [0.1, 0.15) is 18.2 Å². The molecule has 0 saturated heterocycles. The molecular weight excluding hydrogens is 300 g/mol. The van der Waals surface area contributed by atoms with E-state index < -0.39 is 0 Å². The Balaban J connectivity index is 1.73. The molecule has 110 valence electrons. The summed E-state index contributed by atoms with van der Waals surface area (Å²) in [7, 11) is 0. The highest BCUT2D eigenvalue weighted by Gasteiger charge is 2.12. The van der Waals surface area contributed by atoms with E-state index in [-0.39, 0.29) is 0 Å². The van der Waals surface area contributed by atoms with Gasteiger partial charge in [0.05, 0.1) is 26.5 Å². The van der Waals surface area contributed by atoms with E-state index in [1.54, 1.807) is 29.8 Å². The Labute approximate surface area is 129 Å². The molecule has 0 spiro atoms. The molecule has 4 rings (SSSR count). The van der Waals surface area contributed by atoms with Crippen molar-refractivity contribution in [2.45, 2.75) is 6.61 Å². The van der Waals surface area contributed by atoms with Gasteiger partial charge in [-0.05, 0) is 18.2 Å². The summed E-state index contributed by atoms with van der Waals surface area (Å²) in [5.74, 6) is 1.15. The normalized spacial score (nSPS) is 11.1. The Kier molecular flexibility index (Phi) is 3.01. The summed E-state index contributed by atoms with van der Waals surface area (Å²) in [6.07, 6.45) is 3.41. The van der Waals surface area contributed by atoms with Gasteiger partial charge in [0.2, 0.25) is 0 Å². The average molecular weight is 312 g/mol. The van der Waals surface area contributed by atoms with E-state index >= 15 is 0 Å². The van der Waals surface area contributed by atoms with Crippen molar-refractivity contribution in [2.24, 2.45) is 0 Å². The molecule has 8 heteroatoms. The molecule has 0 radical (unpaired) electrons. The first-order chi connectivity index (χ1) is 10.8. The van der Waals surface area contributed by atoms with Gasteiger partial charge in [-0.3, -0.25) is 10.2 Å². The molecule has 0 atom stereocenters. The van der Waals surface area contributed by atoms with E-state index in [0.717, 1.165) is 26.5 Å². The summed E-state index contributed by atoms with van der Waals surface area (Å²) < 4.78 is 6.83. The van der Waals surface area contributed by atoms with Crippen LogP contribution in [0.4, 0.5) is 5.82 Å². The van der Waals surface area contributed by atoms with Crippen molar-refractivity contribution in [2.75, 3.05) is 5.73 Å². The van der Waals surface area contributed by atoms with Crippen molar-refractivity contribution < 1.29 is 4.74 Å². The lowest BCUT2D eigenvalue weighted by atomic mass is 10.3. The number of nitrogen functional groups attached to an aromatic ring is 1. The number of nitrogens with zero attached hydrogens (tertiary/aromatic N) is 3. The summed E-state index contributed by atoms with van der Waals surface area (Å²) in [6, 6.07) is 7.50. The minimum Gasteiger partial charge on any atom is -0.486 e. The van der Waals surface area contributed by atoms with Crippen LogP contribution in [0.2, 0.25) is 0 Å². The highest BCUT2D eigenvalue weighted by atomic mass is 32.1. The van der Waals surface area contributed by atoms with Crippen LogP contribution in [0.25, 0.3) is 20.8 Å². The number of hydrogen-bond acceptors (Lipinski definition) is 6. The SMILES string of the molecule is Nc1cc(OCc2ccn[nH]2)c2sc(-c3ccn[nH]3)cc2n1. The molecule has 0 aliphatic rings. The smallest absolute Gasteiger partial charge is 0.142 e. The number of anilines is 1. The number of ether oxygens (including phenoxy) is 1. The number of rotatable bonds is 4. The van der Waals surface area contributed by atoms with Crippen molar-refractivity contribution in [1.82, 2.24) is 25.4 Å². The lowest BCUT2D eigenvalue weighted by Gasteiger charge is -2.06. The number of pyridine rings is 1. The summed E-state index contributed by atoms with van der Waals surface area (Å²) in [6.45, 7) is 0.399. The van der Waals surface area contributed by atoms with Gasteiger partial charge in [-0.25, -0.2) is 4.98 Å². The molecule has 0 amide bonds. The zero-order valence-electron chi connectivity index (χ0n) is 11.4. The molecule has 0 aliphatic heterocycles. The van der Waals surface area contributed by atoms with Crippen LogP contribution in [0.15, 0.2) is 36.7 Å². The van der Waals surface area contributed by atoms with Crippen molar-refractivity contribution in [3.8, 4) is 16.3 Å². The van der Waals surface area contributed by atoms with E-state index in [2.05, 4.69) is 25.4 Å². The fraction of sp³-hybridized carbons (Fsp3) is 0.0714. The van der Waals surface area contributed by atoms with Gasteiger partial charge in [-0.1, -0.05) is 0 Å². The minimum absolute atomic E-state index is 0.399. The molecular formula is C14H12N6OS. The van der Waals surface area contributed by atoms with Crippen LogP contribution in [0.3, 0.4) is 0 Å². The Bertz CT molecular complexity index is 897. The number of thiophene rings is 1. The van der Waals surface area contributed by atoms with Gasteiger partial charge in [-0.15, -0.1) is 11.3 Å². The van der Waals surface area contributed by atoms with Crippen LogP contribution < -0.4 is 10.5 Å². The fourth-order valence-electron chi connectivity index (χ4n) is 2.17. The topological polar surface area (TPSA) is 105 Å². The van der Waals surface area contributed by atoms with Gasteiger partial charge in [0, 0.05) is 18.5 Å². The quantitative estimate of drug-likeness (QED) is 0.537. The van der Waals surface area contributed by atoms with Gasteiger partial charge < -0.3 is 10.5 Å². The predicted molar refractivity (Wildman–Crippen MR) is 84.5 cm³/mol. The summed E-state index contributed by atoms with van der Waals surface area (Å²) in [5, 5.41) is 13.7. The van der Waals surface area contributed by atoms with E-state index in [1.165, 1.54) is 0 Å². The molecule has 0 aliphatic carbocycles. The summed E-state index contributed by atoms with van der Waals surface area (Å²) in [5.41, 5.74) is 8.53. The molecule has 4 heterocycles. The van der Waals surface area contributed by atoms with Crippen LogP contribution in [0.5, 0.6) is 5.75 Å². The third kappa shape index (κ3) is 2.29. The Morgan fingerprint density at radius 3 is 2.77 bits per heavy atom. The maximum atomic E-state index is 5.87. The Hall–Kier alpha value is -2.87. The first-order valence-corrected chi connectivity index (χ1v) is 7.42. The highest BCUT2D eigenvalue weighted by Crippen LogP contribution is 2.38. The number of hydrogen-bond donors (Lipinski definition) is 3. The van der Waals surface area contributed by atoms with E-state index in [9.17, 15) is 0 Å². The number of aromatic nitrogens is 5. The zero-order valence-corrected chi connectivity index (χ0v) is 12.2. The second-order valence-corrected chi connectivity index (χ2v) is 5.76. The van der Waals surface area contributed by atoms with Gasteiger partial charge >= 0.3 is 0 Å². The number of nitrogens with two attached hydrogens (primary N) is 1. The minimum atomic E-state index is 0.399. The lowest BCUT2D eigenvalue weighted by Crippen LogP contribution is -1.98. The molecule has 4 aromatic heterocycles. The number of aromatic amines is 2. The molecule has 4 aromatic rings. The molecule has 4 N–H and O–H groups in total. The van der Waals surface area contributed by atoms with Crippen molar-refractivity contribution in [3.05, 3.63) is 42.4 Å². The predicted octanol–water partition coefficient (Wildman–Crippen LogP) is 2.57. The maximum Gasteiger partial charge on any atom is 0.142 e. The standard InChI is InChI=1S/C14H12N6OS/c15-13-6-11(21-7-8-1-3-16-19-8)14-10(18-13)5-12(22-14)9-2-4-17-20-9/h1-6H,7H2,(H2,15,18)(H,16,19)(H,17,20). The molecule has 0 bridgehead atoms. The van der Waals surface area contributed by atoms with Gasteiger partial charge in [-0.2, -0.15) is 10.2 Å². The molecule has 22 heavy (non-hydrogen) atoms. The number of fused-ring (bicyclic) bond motifs is 1. The fourth-order valence-corrected chi connectivity index (χ4v) is 3.21. The second kappa shape index (κ2) is 5.15. The molecule has 0 saturated carbocycles. The monoisotopic (exact) mass is 312 g/mol. The highest BCUT2D eigenvalue weighted by molar-refractivity contribution is 7.22. The Morgan fingerprint density at radius 1 is 1.14 bits per heavy atom. The first kappa shape index (κ1) is 12.8. The van der Waals surface area contributed by atoms with Crippen LogP contribution in [-0.4, -0.2) is 25.4 Å². The molecule has 0 aromatic carbocycles. The second-order valence-electron chi connectivity index (χ2n) is 4.71. The maximum absolute atomic E-state index is 5.87. The van der Waals surface area contributed by atoms with Gasteiger partial charge in [0.25, 0.3) is 0 Å². The third-order valence-electron chi connectivity index (χ3n) is 3.17. The van der Waals surface area contributed by atoms with Crippen LogP contribution in [0.1, 0.15) is 5.69 Å². The third-order valence-corrected chi connectivity index (χ3v) is 4.34. The zero-order chi connectivity index (χ0) is 14.9. The molecule has 0 unspecified atom stereocenters. The van der Waals surface area contributed by atoms with E-state index in [1.807, 2.05) is 18.2 Å². The van der Waals surface area contributed by atoms with Crippen LogP contribution >= 0.6 is 11.3 Å². The lowest BCUT2D eigenvalue weighted by molar-refractivity contribution is 0.305. The van der Waals surface area contributed by atoms with Crippen LogP contribution in [0, 0.1) is 0 Å². The van der Waals surface area contributed by atoms with E-state index in [4.69, 9.17) is 10.5 Å².